The molecule has 0 unspecified atom stereocenters. The van der Waals surface area contributed by atoms with Gasteiger partial charge in [-0.1, -0.05) is 15.9 Å². The molecule has 0 aliphatic carbocycles. The van der Waals surface area contributed by atoms with Gasteiger partial charge in [-0.2, -0.15) is 0 Å². The number of hydrogen-bond donors (Lipinski definition) is 1. The highest BCUT2D eigenvalue weighted by Gasteiger charge is 2.14. The van der Waals surface area contributed by atoms with E-state index in [0.29, 0.717) is 28.7 Å². The van der Waals surface area contributed by atoms with Gasteiger partial charge in [0, 0.05) is 27.2 Å². The molecule has 0 saturated heterocycles. The molecule has 134 valence electrons. The number of ether oxygens (including phenoxy) is 3. The summed E-state index contributed by atoms with van der Waals surface area (Å²) in [7, 11) is 4.61. The summed E-state index contributed by atoms with van der Waals surface area (Å²) >= 11 is 4.93. The predicted octanol–water partition coefficient (Wildman–Crippen LogP) is 4.51. The van der Waals surface area contributed by atoms with Crippen LogP contribution in [-0.4, -0.2) is 33.0 Å². The Hall–Kier alpha value is -1.86. The Balaban J connectivity index is 2.07. The van der Waals surface area contributed by atoms with Crippen molar-refractivity contribution in [1.82, 2.24) is 0 Å². The largest absolute Gasteiger partial charge is 0.493 e. The molecule has 1 N–H and O–H groups in total. The number of anilines is 1. The summed E-state index contributed by atoms with van der Waals surface area (Å²) in [5.41, 5.74) is 1.72. The molecule has 0 radical (unpaired) electrons. The molecule has 7 heteroatoms. The molecular formula is C18H20BrNO4S. The zero-order chi connectivity index (χ0) is 18.4. The molecule has 2 aromatic carbocycles. The molecule has 0 atom stereocenters. The number of nitrogens with one attached hydrogen (secondary N) is 1. The topological polar surface area (TPSA) is 56.8 Å². The fraction of sp³-hybridized carbons (Fsp3) is 0.278. The maximum Gasteiger partial charge on any atom is 0.234 e. The highest BCUT2D eigenvalue weighted by Crippen LogP contribution is 2.40. The zero-order valence-electron chi connectivity index (χ0n) is 14.5. The first-order valence-electron chi connectivity index (χ1n) is 7.47. The number of hydrogen-bond acceptors (Lipinski definition) is 5. The van der Waals surface area contributed by atoms with E-state index < -0.39 is 0 Å². The van der Waals surface area contributed by atoms with Gasteiger partial charge in [-0.3, -0.25) is 4.79 Å². The molecule has 0 aliphatic rings. The fourth-order valence-corrected chi connectivity index (χ4v) is 3.55. The summed E-state index contributed by atoms with van der Waals surface area (Å²) in [6.07, 6.45) is 0. The summed E-state index contributed by atoms with van der Waals surface area (Å²) in [6.45, 7) is 2.02. The Morgan fingerprint density at radius 3 is 2.24 bits per heavy atom. The van der Waals surface area contributed by atoms with Gasteiger partial charge >= 0.3 is 0 Å². The van der Waals surface area contributed by atoms with E-state index in [4.69, 9.17) is 14.2 Å². The van der Waals surface area contributed by atoms with Crippen LogP contribution in [0.2, 0.25) is 0 Å². The minimum absolute atomic E-state index is 0.110. The quantitative estimate of drug-likeness (QED) is 0.661. The van der Waals surface area contributed by atoms with Gasteiger partial charge in [0.05, 0.1) is 27.1 Å². The van der Waals surface area contributed by atoms with Crippen LogP contribution in [0.15, 0.2) is 39.7 Å². The van der Waals surface area contributed by atoms with E-state index in [-0.39, 0.29) is 5.91 Å². The van der Waals surface area contributed by atoms with Crippen LogP contribution in [0.5, 0.6) is 17.2 Å². The molecule has 0 heterocycles. The molecule has 0 aromatic heterocycles. The monoisotopic (exact) mass is 425 g/mol. The van der Waals surface area contributed by atoms with Crippen molar-refractivity contribution in [3.05, 3.63) is 40.4 Å². The summed E-state index contributed by atoms with van der Waals surface area (Å²) in [4.78, 5) is 13.3. The van der Waals surface area contributed by atoms with Gasteiger partial charge in [-0.25, -0.2) is 0 Å². The van der Waals surface area contributed by atoms with Crippen LogP contribution in [0.25, 0.3) is 0 Å². The van der Waals surface area contributed by atoms with E-state index in [1.807, 2.05) is 25.1 Å². The van der Waals surface area contributed by atoms with E-state index in [1.54, 1.807) is 12.1 Å². The summed E-state index contributed by atoms with van der Waals surface area (Å²) in [6, 6.07) is 9.40. The minimum atomic E-state index is -0.110. The Labute approximate surface area is 160 Å². The fourth-order valence-electron chi connectivity index (χ4n) is 2.27. The molecule has 1 amide bonds. The number of carbonyl (C=O) groups excluding carboxylic acids is 1. The van der Waals surface area contributed by atoms with E-state index in [9.17, 15) is 4.79 Å². The van der Waals surface area contributed by atoms with Crippen LogP contribution >= 0.6 is 27.7 Å². The van der Waals surface area contributed by atoms with Gasteiger partial charge in [-0.05, 0) is 30.7 Å². The van der Waals surface area contributed by atoms with Gasteiger partial charge in [0.15, 0.2) is 11.5 Å². The molecule has 0 saturated carbocycles. The maximum absolute atomic E-state index is 12.3. The lowest BCUT2D eigenvalue weighted by atomic mass is 10.2. The smallest absolute Gasteiger partial charge is 0.234 e. The van der Waals surface area contributed by atoms with Crippen molar-refractivity contribution in [2.24, 2.45) is 0 Å². The second-order valence-corrected chi connectivity index (χ2v) is 7.09. The van der Waals surface area contributed by atoms with Gasteiger partial charge < -0.3 is 19.5 Å². The van der Waals surface area contributed by atoms with Crippen molar-refractivity contribution in [3.63, 3.8) is 0 Å². The average molecular weight is 426 g/mol. The molecule has 0 bridgehead atoms. The second-order valence-electron chi connectivity index (χ2n) is 5.16. The van der Waals surface area contributed by atoms with Gasteiger partial charge in [0.2, 0.25) is 11.7 Å². The third-order valence-corrected chi connectivity index (χ3v) is 5.11. The summed E-state index contributed by atoms with van der Waals surface area (Å²) in [5, 5.41) is 2.86. The van der Waals surface area contributed by atoms with Crippen LogP contribution in [-0.2, 0) is 4.79 Å². The highest BCUT2D eigenvalue weighted by atomic mass is 79.9. The Kier molecular flexibility index (Phi) is 7.01. The van der Waals surface area contributed by atoms with Crippen LogP contribution in [0.1, 0.15) is 5.56 Å². The molecular weight excluding hydrogens is 406 g/mol. The Morgan fingerprint density at radius 2 is 1.72 bits per heavy atom. The van der Waals surface area contributed by atoms with Gasteiger partial charge in [0.25, 0.3) is 0 Å². The molecule has 5 nitrogen and oxygen atoms in total. The van der Waals surface area contributed by atoms with Crippen molar-refractivity contribution in [3.8, 4) is 17.2 Å². The molecule has 0 aliphatic heterocycles. The maximum atomic E-state index is 12.3. The van der Waals surface area contributed by atoms with Crippen molar-refractivity contribution in [2.75, 3.05) is 32.4 Å². The number of thioether (sulfide) groups is 1. The molecule has 25 heavy (non-hydrogen) atoms. The Morgan fingerprint density at radius 1 is 1.08 bits per heavy atom. The van der Waals surface area contributed by atoms with E-state index in [1.165, 1.54) is 33.1 Å². The lowest BCUT2D eigenvalue weighted by molar-refractivity contribution is -0.113. The predicted molar refractivity (Wildman–Crippen MR) is 104 cm³/mol. The SMILES string of the molecule is COc1cc(NC(=O)CSc2ccc(Br)cc2C)cc(OC)c1OC. The normalized spacial score (nSPS) is 10.3. The number of carbonyl (C=O) groups is 1. The van der Waals surface area contributed by atoms with Crippen LogP contribution in [0.4, 0.5) is 5.69 Å². The van der Waals surface area contributed by atoms with Crippen molar-refractivity contribution in [1.29, 1.82) is 0 Å². The first-order chi connectivity index (χ1) is 12.0. The van der Waals surface area contributed by atoms with Crippen LogP contribution in [0, 0.1) is 6.92 Å². The molecule has 0 spiro atoms. The van der Waals surface area contributed by atoms with Gasteiger partial charge in [0.1, 0.15) is 0 Å². The third-order valence-electron chi connectivity index (χ3n) is 3.44. The standard InChI is InChI=1S/C18H20BrNO4S/c1-11-7-12(19)5-6-16(11)25-10-17(21)20-13-8-14(22-2)18(24-4)15(9-13)23-3/h5-9H,10H2,1-4H3,(H,20,21). The number of benzene rings is 2. The van der Waals surface area contributed by atoms with Gasteiger partial charge in [-0.15, -0.1) is 11.8 Å². The first kappa shape index (κ1) is 19.5. The lowest BCUT2D eigenvalue weighted by Gasteiger charge is -2.14. The molecule has 2 rings (SSSR count). The van der Waals surface area contributed by atoms with Crippen molar-refractivity contribution >= 4 is 39.3 Å². The average Bonchev–Trinajstić information content (AvgIpc) is 2.60. The van der Waals surface area contributed by atoms with Crippen LogP contribution in [0.3, 0.4) is 0 Å². The first-order valence-corrected chi connectivity index (χ1v) is 9.25. The lowest BCUT2D eigenvalue weighted by Crippen LogP contribution is -2.14. The number of amides is 1. The van der Waals surface area contributed by atoms with Crippen molar-refractivity contribution < 1.29 is 19.0 Å². The van der Waals surface area contributed by atoms with Crippen LogP contribution < -0.4 is 19.5 Å². The van der Waals surface area contributed by atoms with E-state index >= 15 is 0 Å². The third kappa shape index (κ3) is 5.06. The molecule has 0 fully saturated rings. The number of methoxy groups -OCH3 is 3. The van der Waals surface area contributed by atoms with E-state index in [2.05, 4.69) is 21.2 Å². The highest BCUT2D eigenvalue weighted by molar-refractivity contribution is 9.10. The summed E-state index contributed by atoms with van der Waals surface area (Å²) < 4.78 is 16.9. The number of rotatable bonds is 7. The minimum Gasteiger partial charge on any atom is -0.493 e. The molecule has 2 aromatic rings. The second kappa shape index (κ2) is 9.01. The zero-order valence-corrected chi connectivity index (χ0v) is 16.9. The number of halogens is 1. The number of aryl methyl sites for hydroxylation is 1. The van der Waals surface area contributed by atoms with Crippen molar-refractivity contribution in [2.45, 2.75) is 11.8 Å². The van der Waals surface area contributed by atoms with E-state index in [0.717, 1.165) is 14.9 Å². The summed E-state index contributed by atoms with van der Waals surface area (Å²) in [5.74, 6) is 1.67. The Bertz CT molecular complexity index is 742.